The van der Waals surface area contributed by atoms with Crippen molar-refractivity contribution in [3.63, 3.8) is 0 Å². The molecule has 1 aromatic carbocycles. The molecule has 0 bridgehead atoms. The maximum Gasteiger partial charge on any atom is 0.185 e. The molecule has 1 fully saturated rings. The van der Waals surface area contributed by atoms with E-state index in [4.69, 9.17) is 0 Å². The number of ketones is 1. The van der Waals surface area contributed by atoms with E-state index in [1.54, 1.807) is 17.4 Å². The summed E-state index contributed by atoms with van der Waals surface area (Å²) in [7, 11) is 2.19. The molecule has 204 valence electrons. The van der Waals surface area contributed by atoms with Crippen molar-refractivity contribution in [1.82, 2.24) is 10.2 Å². The van der Waals surface area contributed by atoms with Gasteiger partial charge in [-0.05, 0) is 102 Å². The number of carbonyl (C=O) groups excluding carboxylic acids is 1. The molecule has 1 saturated heterocycles. The van der Waals surface area contributed by atoms with E-state index in [-0.39, 0.29) is 5.78 Å². The molecule has 0 radical (unpaired) electrons. The quantitative estimate of drug-likeness (QED) is 0.161. The molecular formula is C34H46N2OS. The zero-order chi connectivity index (χ0) is 27.3. The Kier molecular flexibility index (Phi) is 12.5. The lowest BCUT2D eigenvalue weighted by Gasteiger charge is -2.33. The van der Waals surface area contributed by atoms with Crippen molar-refractivity contribution >= 4 is 23.2 Å². The number of hydrogen-bond acceptors (Lipinski definition) is 4. The minimum Gasteiger partial charge on any atom is -0.314 e. The van der Waals surface area contributed by atoms with Crippen molar-refractivity contribution in [2.75, 3.05) is 26.7 Å². The van der Waals surface area contributed by atoms with Crippen LogP contribution in [0.2, 0.25) is 0 Å². The first-order chi connectivity index (χ1) is 18.3. The summed E-state index contributed by atoms with van der Waals surface area (Å²) < 4.78 is 0. The monoisotopic (exact) mass is 530 g/mol. The number of rotatable bonds is 13. The Bertz CT molecular complexity index is 1150. The van der Waals surface area contributed by atoms with Crippen LogP contribution in [0.15, 0.2) is 76.7 Å². The van der Waals surface area contributed by atoms with Crippen molar-refractivity contribution < 1.29 is 4.79 Å². The maximum absolute atomic E-state index is 12.8. The molecular weight excluding hydrogens is 484 g/mol. The largest absolute Gasteiger partial charge is 0.314 e. The zero-order valence-electron chi connectivity index (χ0n) is 24.1. The molecule has 0 aliphatic carbocycles. The number of allylic oxidation sites excluding steroid dienone is 7. The van der Waals surface area contributed by atoms with Crippen molar-refractivity contribution in [3.05, 3.63) is 98.3 Å². The van der Waals surface area contributed by atoms with Gasteiger partial charge in [0.05, 0.1) is 0 Å². The average molecular weight is 531 g/mol. The number of nitrogens with zero attached hydrogens (tertiary/aromatic N) is 1. The highest BCUT2D eigenvalue weighted by Crippen LogP contribution is 2.21. The lowest BCUT2D eigenvalue weighted by Crippen LogP contribution is -2.50. The Morgan fingerprint density at radius 1 is 1.00 bits per heavy atom. The first-order valence-electron chi connectivity index (χ1n) is 14.0. The fourth-order valence-electron chi connectivity index (χ4n) is 4.70. The third kappa shape index (κ3) is 10.3. The second-order valence-electron chi connectivity index (χ2n) is 10.9. The van der Waals surface area contributed by atoms with Crippen LogP contribution in [0.3, 0.4) is 0 Å². The van der Waals surface area contributed by atoms with Gasteiger partial charge in [0.2, 0.25) is 0 Å². The van der Waals surface area contributed by atoms with Gasteiger partial charge >= 0.3 is 0 Å². The van der Waals surface area contributed by atoms with Gasteiger partial charge in [-0.15, -0.1) is 11.3 Å². The Labute approximate surface area is 235 Å². The van der Waals surface area contributed by atoms with Gasteiger partial charge < -0.3 is 10.2 Å². The first kappa shape index (κ1) is 30.0. The van der Waals surface area contributed by atoms with Crippen molar-refractivity contribution in [1.29, 1.82) is 0 Å². The van der Waals surface area contributed by atoms with Gasteiger partial charge in [-0.1, -0.05) is 59.2 Å². The third-order valence-electron chi connectivity index (χ3n) is 7.31. The van der Waals surface area contributed by atoms with E-state index in [9.17, 15) is 4.79 Å². The smallest absolute Gasteiger partial charge is 0.185 e. The standard InChI is InChI=1S/C34H46N2OS/c1-26(2)8-6-9-27(3)10-7-11-28(4)12-19-34-31(20-23-38-34)17-18-33(37)30-15-13-29(14-16-30)24-32-25-35-21-22-36(32)5/h8,10,12-18,20,23,32,35H,6-7,9,11,19,21-22,24-25H2,1-5H3/b18-17+,27-10?,28-12?. The van der Waals surface area contributed by atoms with Gasteiger partial charge in [0.25, 0.3) is 0 Å². The van der Waals surface area contributed by atoms with Crippen LogP contribution in [-0.4, -0.2) is 43.4 Å². The number of benzene rings is 1. The third-order valence-corrected chi connectivity index (χ3v) is 8.27. The minimum absolute atomic E-state index is 0.0589. The summed E-state index contributed by atoms with van der Waals surface area (Å²) in [6.07, 6.45) is 17.1. The number of likely N-dealkylation sites (N-methyl/N-ethyl adjacent to an activating group) is 1. The molecule has 1 N–H and O–H groups in total. The van der Waals surface area contributed by atoms with Crippen LogP contribution in [0, 0.1) is 0 Å². The molecule has 0 saturated carbocycles. The first-order valence-corrected chi connectivity index (χ1v) is 14.9. The van der Waals surface area contributed by atoms with E-state index in [1.807, 2.05) is 18.2 Å². The van der Waals surface area contributed by atoms with Crippen molar-refractivity contribution in [3.8, 4) is 0 Å². The molecule has 1 aliphatic heterocycles. The van der Waals surface area contributed by atoms with Crippen molar-refractivity contribution in [2.45, 2.75) is 72.3 Å². The van der Waals surface area contributed by atoms with Gasteiger partial charge in [-0.2, -0.15) is 0 Å². The number of hydrogen-bond donors (Lipinski definition) is 1. The van der Waals surface area contributed by atoms with E-state index in [1.165, 1.54) is 27.2 Å². The Balaban J connectivity index is 1.48. The van der Waals surface area contributed by atoms with Gasteiger partial charge in [0.15, 0.2) is 5.78 Å². The van der Waals surface area contributed by atoms with Crippen LogP contribution in [0.4, 0.5) is 0 Å². The molecule has 1 unspecified atom stereocenters. The van der Waals surface area contributed by atoms with E-state index < -0.39 is 0 Å². The molecule has 1 atom stereocenters. The fourth-order valence-corrected chi connectivity index (χ4v) is 5.53. The maximum atomic E-state index is 12.8. The molecule has 0 spiro atoms. The summed E-state index contributed by atoms with van der Waals surface area (Å²) in [5, 5.41) is 5.59. The summed E-state index contributed by atoms with van der Waals surface area (Å²) in [5.41, 5.74) is 7.47. The molecule has 2 aromatic rings. The molecule has 3 nitrogen and oxygen atoms in total. The van der Waals surface area contributed by atoms with Gasteiger partial charge in [0.1, 0.15) is 0 Å². The Hall–Kier alpha value is -2.53. The highest BCUT2D eigenvalue weighted by atomic mass is 32.1. The number of nitrogens with one attached hydrogen (secondary N) is 1. The Morgan fingerprint density at radius 2 is 1.71 bits per heavy atom. The van der Waals surface area contributed by atoms with Crippen LogP contribution in [-0.2, 0) is 12.8 Å². The fraction of sp³-hybridized carbons (Fsp3) is 0.441. The average Bonchev–Trinajstić information content (AvgIpc) is 3.35. The summed E-state index contributed by atoms with van der Waals surface area (Å²) in [4.78, 5) is 16.5. The molecule has 4 heteroatoms. The predicted octanol–water partition coefficient (Wildman–Crippen LogP) is 8.05. The van der Waals surface area contributed by atoms with E-state index in [0.717, 1.165) is 69.3 Å². The highest BCUT2D eigenvalue weighted by Gasteiger charge is 2.18. The summed E-state index contributed by atoms with van der Waals surface area (Å²) in [6, 6.07) is 10.8. The second kappa shape index (κ2) is 15.8. The van der Waals surface area contributed by atoms with E-state index >= 15 is 0 Å². The van der Waals surface area contributed by atoms with E-state index in [0.29, 0.717) is 6.04 Å². The van der Waals surface area contributed by atoms with Crippen LogP contribution in [0.25, 0.3) is 6.08 Å². The minimum atomic E-state index is 0.0589. The highest BCUT2D eigenvalue weighted by molar-refractivity contribution is 7.10. The summed E-state index contributed by atoms with van der Waals surface area (Å²) in [5.74, 6) is 0.0589. The number of thiophene rings is 1. The Morgan fingerprint density at radius 3 is 2.42 bits per heavy atom. The lowest BCUT2D eigenvalue weighted by atomic mass is 10.0. The van der Waals surface area contributed by atoms with E-state index in [2.05, 4.69) is 86.8 Å². The van der Waals surface area contributed by atoms with Gasteiger partial charge in [0, 0.05) is 42.5 Å². The topological polar surface area (TPSA) is 32.3 Å². The van der Waals surface area contributed by atoms with Gasteiger partial charge in [-0.25, -0.2) is 0 Å². The van der Waals surface area contributed by atoms with Crippen LogP contribution in [0.5, 0.6) is 0 Å². The normalized spacial score (nSPS) is 17.2. The van der Waals surface area contributed by atoms with Gasteiger partial charge in [-0.3, -0.25) is 4.79 Å². The summed E-state index contributed by atoms with van der Waals surface area (Å²) >= 11 is 1.76. The van der Waals surface area contributed by atoms with Crippen LogP contribution in [0.1, 0.15) is 79.7 Å². The van der Waals surface area contributed by atoms with Crippen molar-refractivity contribution in [2.24, 2.45) is 0 Å². The molecule has 0 amide bonds. The SMILES string of the molecule is CC(C)=CCCC(C)=CCCC(C)=CCc1sccc1/C=C/C(=O)c1ccc(CC2CNCCN2C)cc1. The summed E-state index contributed by atoms with van der Waals surface area (Å²) in [6.45, 7) is 12.0. The molecule has 38 heavy (non-hydrogen) atoms. The second-order valence-corrected chi connectivity index (χ2v) is 11.9. The molecule has 1 aromatic heterocycles. The van der Waals surface area contributed by atoms with Crippen LogP contribution >= 0.6 is 11.3 Å². The molecule has 2 heterocycles. The zero-order valence-corrected chi connectivity index (χ0v) is 24.9. The number of carbonyl (C=O) groups is 1. The molecule has 1 aliphatic rings. The van der Waals surface area contributed by atoms with Crippen LogP contribution < -0.4 is 5.32 Å². The lowest BCUT2D eigenvalue weighted by molar-refractivity contribution is 0.104. The predicted molar refractivity (Wildman–Crippen MR) is 166 cm³/mol. The molecule has 3 rings (SSSR count). The number of piperazine rings is 1.